The number of hydrogen-bond donors (Lipinski definition) is 1. The fourth-order valence-electron chi connectivity index (χ4n) is 1.25. The van der Waals surface area contributed by atoms with Crippen molar-refractivity contribution in [2.75, 3.05) is 19.8 Å². The van der Waals surface area contributed by atoms with Crippen LogP contribution in [0.5, 0.6) is 0 Å². The van der Waals surface area contributed by atoms with Crippen LogP contribution in [-0.2, 0) is 4.74 Å². The van der Waals surface area contributed by atoms with Crippen LogP contribution in [0.15, 0.2) is 35.3 Å². The molecular weight excluding hydrogens is 200 g/mol. The lowest BCUT2D eigenvalue weighted by Crippen LogP contribution is -2.15. The Balaban J connectivity index is 2.29. The second kappa shape index (κ2) is 7.01. The Bertz CT molecular complexity index is 320. The smallest absolute Gasteiger partial charge is 0.125 e. The molecule has 1 aromatic carbocycles. The molecule has 0 atom stereocenters. The molecule has 0 unspecified atom stereocenters. The van der Waals surface area contributed by atoms with Gasteiger partial charge in [-0.25, -0.2) is 0 Å². The highest BCUT2D eigenvalue weighted by Gasteiger charge is 1.96. The maximum absolute atomic E-state index is 5.83. The summed E-state index contributed by atoms with van der Waals surface area (Å²) in [6.45, 7) is 6.28. The van der Waals surface area contributed by atoms with Crippen LogP contribution in [0, 0.1) is 5.92 Å². The van der Waals surface area contributed by atoms with Crippen molar-refractivity contribution in [3.63, 3.8) is 0 Å². The molecule has 0 bridgehead atoms. The van der Waals surface area contributed by atoms with Gasteiger partial charge in [0.1, 0.15) is 5.84 Å². The van der Waals surface area contributed by atoms with Crippen LogP contribution in [0.25, 0.3) is 0 Å². The first-order valence-electron chi connectivity index (χ1n) is 5.63. The second-order valence-corrected chi connectivity index (χ2v) is 4.10. The fraction of sp³-hybridized carbons (Fsp3) is 0.462. The van der Waals surface area contributed by atoms with Crippen molar-refractivity contribution in [3.8, 4) is 0 Å². The molecule has 16 heavy (non-hydrogen) atoms. The van der Waals surface area contributed by atoms with Gasteiger partial charge in [0.15, 0.2) is 0 Å². The predicted octanol–water partition coefficient (Wildman–Crippen LogP) is 2.06. The molecule has 1 rings (SSSR count). The van der Waals surface area contributed by atoms with Crippen LogP contribution in [0.2, 0.25) is 0 Å². The molecular formula is C13H20N2O. The Hall–Kier alpha value is -1.35. The fourth-order valence-corrected chi connectivity index (χ4v) is 1.25. The van der Waals surface area contributed by atoms with Crippen molar-refractivity contribution in [1.82, 2.24) is 0 Å². The lowest BCUT2D eigenvalue weighted by molar-refractivity contribution is 0.117. The van der Waals surface area contributed by atoms with Crippen molar-refractivity contribution in [2.24, 2.45) is 16.6 Å². The predicted molar refractivity (Wildman–Crippen MR) is 67.7 cm³/mol. The minimum atomic E-state index is 0.565. The van der Waals surface area contributed by atoms with E-state index >= 15 is 0 Å². The number of hydrogen-bond acceptors (Lipinski definition) is 2. The summed E-state index contributed by atoms with van der Waals surface area (Å²) < 4.78 is 5.42. The summed E-state index contributed by atoms with van der Waals surface area (Å²) in [6.07, 6.45) is 0. The SMILES string of the molecule is CC(C)COCCN=C(N)c1ccccc1. The molecule has 0 amide bonds. The zero-order valence-electron chi connectivity index (χ0n) is 10.0. The number of nitrogens with two attached hydrogens (primary N) is 1. The first-order chi connectivity index (χ1) is 7.70. The van der Waals surface area contributed by atoms with Crippen LogP contribution in [-0.4, -0.2) is 25.6 Å². The first kappa shape index (κ1) is 12.7. The molecule has 0 saturated carbocycles. The van der Waals surface area contributed by atoms with Crippen molar-refractivity contribution < 1.29 is 4.74 Å². The van der Waals surface area contributed by atoms with Gasteiger partial charge in [-0.15, -0.1) is 0 Å². The standard InChI is InChI=1S/C13H20N2O/c1-11(2)10-16-9-8-15-13(14)12-6-4-3-5-7-12/h3-7,11H,8-10H2,1-2H3,(H2,14,15). The summed E-state index contributed by atoms with van der Waals surface area (Å²) >= 11 is 0. The van der Waals surface area contributed by atoms with E-state index in [2.05, 4.69) is 18.8 Å². The zero-order valence-corrected chi connectivity index (χ0v) is 10.0. The molecule has 0 heterocycles. The van der Waals surface area contributed by atoms with Gasteiger partial charge in [0.05, 0.1) is 13.2 Å². The van der Waals surface area contributed by atoms with E-state index in [-0.39, 0.29) is 0 Å². The normalized spacial score (nSPS) is 12.1. The number of nitrogens with zero attached hydrogens (tertiary/aromatic N) is 1. The molecule has 0 radical (unpaired) electrons. The maximum Gasteiger partial charge on any atom is 0.125 e. The van der Waals surface area contributed by atoms with Gasteiger partial charge in [0.2, 0.25) is 0 Å². The third-order valence-electron chi connectivity index (χ3n) is 2.04. The van der Waals surface area contributed by atoms with Crippen LogP contribution in [0.1, 0.15) is 19.4 Å². The van der Waals surface area contributed by atoms with Gasteiger partial charge in [0, 0.05) is 12.2 Å². The van der Waals surface area contributed by atoms with Crippen LogP contribution in [0.4, 0.5) is 0 Å². The third-order valence-corrected chi connectivity index (χ3v) is 2.04. The summed E-state index contributed by atoms with van der Waals surface area (Å²) in [5, 5.41) is 0. The number of rotatable bonds is 6. The first-order valence-corrected chi connectivity index (χ1v) is 5.63. The summed E-state index contributed by atoms with van der Waals surface area (Å²) in [6, 6.07) is 9.77. The third kappa shape index (κ3) is 4.94. The van der Waals surface area contributed by atoms with Gasteiger partial charge in [-0.2, -0.15) is 0 Å². The van der Waals surface area contributed by atoms with E-state index in [1.54, 1.807) is 0 Å². The summed E-state index contributed by atoms with van der Waals surface area (Å²) in [5.74, 6) is 1.14. The molecule has 88 valence electrons. The summed E-state index contributed by atoms with van der Waals surface area (Å²) in [5.41, 5.74) is 6.80. The average molecular weight is 220 g/mol. The molecule has 3 heteroatoms. The second-order valence-electron chi connectivity index (χ2n) is 4.10. The van der Waals surface area contributed by atoms with Crippen molar-refractivity contribution in [2.45, 2.75) is 13.8 Å². The number of benzene rings is 1. The largest absolute Gasteiger partial charge is 0.384 e. The van der Waals surface area contributed by atoms with Crippen LogP contribution < -0.4 is 5.73 Å². The zero-order chi connectivity index (χ0) is 11.8. The average Bonchev–Trinajstić information content (AvgIpc) is 2.29. The van der Waals surface area contributed by atoms with Crippen LogP contribution >= 0.6 is 0 Å². The molecule has 0 aliphatic carbocycles. The van der Waals surface area contributed by atoms with E-state index in [1.807, 2.05) is 30.3 Å². The van der Waals surface area contributed by atoms with Crippen molar-refractivity contribution in [3.05, 3.63) is 35.9 Å². The number of ether oxygens (including phenoxy) is 1. The minimum Gasteiger partial charge on any atom is -0.384 e. The van der Waals surface area contributed by atoms with Gasteiger partial charge in [-0.1, -0.05) is 44.2 Å². The number of aliphatic imine (C=N–C) groups is 1. The Morgan fingerprint density at radius 1 is 1.31 bits per heavy atom. The Morgan fingerprint density at radius 3 is 2.62 bits per heavy atom. The lowest BCUT2D eigenvalue weighted by Gasteiger charge is -2.05. The molecule has 3 nitrogen and oxygen atoms in total. The minimum absolute atomic E-state index is 0.565. The summed E-state index contributed by atoms with van der Waals surface area (Å²) in [4.78, 5) is 4.26. The van der Waals surface area contributed by atoms with E-state index in [4.69, 9.17) is 10.5 Å². The van der Waals surface area contributed by atoms with Gasteiger partial charge in [0.25, 0.3) is 0 Å². The Labute approximate surface area is 97.3 Å². The highest BCUT2D eigenvalue weighted by molar-refractivity contribution is 5.97. The van der Waals surface area contributed by atoms with Gasteiger partial charge < -0.3 is 10.5 Å². The van der Waals surface area contributed by atoms with E-state index in [9.17, 15) is 0 Å². The van der Waals surface area contributed by atoms with Crippen molar-refractivity contribution >= 4 is 5.84 Å². The number of amidine groups is 1. The highest BCUT2D eigenvalue weighted by atomic mass is 16.5. The maximum atomic E-state index is 5.83. The highest BCUT2D eigenvalue weighted by Crippen LogP contribution is 1.97. The van der Waals surface area contributed by atoms with E-state index in [0.29, 0.717) is 24.9 Å². The van der Waals surface area contributed by atoms with E-state index in [0.717, 1.165) is 12.2 Å². The van der Waals surface area contributed by atoms with Gasteiger partial charge in [-0.3, -0.25) is 4.99 Å². The topological polar surface area (TPSA) is 47.6 Å². The lowest BCUT2D eigenvalue weighted by atomic mass is 10.2. The van der Waals surface area contributed by atoms with Crippen molar-refractivity contribution in [1.29, 1.82) is 0 Å². The van der Waals surface area contributed by atoms with Crippen LogP contribution in [0.3, 0.4) is 0 Å². The molecule has 0 aromatic heterocycles. The Morgan fingerprint density at radius 2 is 2.00 bits per heavy atom. The quantitative estimate of drug-likeness (QED) is 0.453. The molecule has 0 aliphatic heterocycles. The molecule has 0 spiro atoms. The molecule has 0 aliphatic rings. The Kier molecular flexibility index (Phi) is 5.57. The van der Waals surface area contributed by atoms with Gasteiger partial charge >= 0.3 is 0 Å². The molecule has 0 fully saturated rings. The van der Waals surface area contributed by atoms with Gasteiger partial charge in [-0.05, 0) is 5.92 Å². The monoisotopic (exact) mass is 220 g/mol. The summed E-state index contributed by atoms with van der Waals surface area (Å²) in [7, 11) is 0. The molecule has 1 aromatic rings. The molecule has 0 saturated heterocycles. The van der Waals surface area contributed by atoms with E-state index in [1.165, 1.54) is 0 Å². The van der Waals surface area contributed by atoms with E-state index < -0.39 is 0 Å². The molecule has 2 N–H and O–H groups in total.